The second-order valence-corrected chi connectivity index (χ2v) is 4.76. The maximum absolute atomic E-state index is 13.3. The normalized spacial score (nSPS) is 12.1. The number of hydrogen-bond acceptors (Lipinski definition) is 4. The molecule has 0 aliphatic heterocycles. The van der Waals surface area contributed by atoms with E-state index in [2.05, 4.69) is 5.32 Å². The molecular formula is C16H17FN2O2. The average Bonchev–Trinajstić information content (AvgIpc) is 2.91. The molecule has 0 aliphatic rings. The number of ether oxygens (including phenoxy) is 1. The zero-order valence-electron chi connectivity index (χ0n) is 12.0. The summed E-state index contributed by atoms with van der Waals surface area (Å²) in [5.41, 5.74) is 0.878. The smallest absolute Gasteiger partial charge is 0.140 e. The first-order chi connectivity index (χ1) is 10.1. The Morgan fingerprint density at radius 1 is 1.38 bits per heavy atom. The summed E-state index contributed by atoms with van der Waals surface area (Å²) in [5.74, 6) is 1.12. The quantitative estimate of drug-likeness (QED) is 0.887. The van der Waals surface area contributed by atoms with E-state index >= 15 is 0 Å². The van der Waals surface area contributed by atoms with Crippen LogP contribution in [-0.4, -0.2) is 13.7 Å². The lowest BCUT2D eigenvalue weighted by Gasteiger charge is -2.16. The molecule has 1 aromatic carbocycles. The first-order valence-corrected chi connectivity index (χ1v) is 6.61. The van der Waals surface area contributed by atoms with Gasteiger partial charge in [-0.1, -0.05) is 6.07 Å². The molecule has 1 heterocycles. The lowest BCUT2D eigenvalue weighted by Crippen LogP contribution is -2.24. The fourth-order valence-electron chi connectivity index (χ4n) is 2.06. The molecule has 4 nitrogen and oxygen atoms in total. The summed E-state index contributed by atoms with van der Waals surface area (Å²) in [6.45, 7) is 2.83. The van der Waals surface area contributed by atoms with Gasteiger partial charge in [0.25, 0.3) is 0 Å². The number of furan rings is 1. The van der Waals surface area contributed by atoms with Crippen molar-refractivity contribution in [1.82, 2.24) is 5.32 Å². The first-order valence-electron chi connectivity index (χ1n) is 6.61. The molecular weight excluding hydrogens is 271 g/mol. The van der Waals surface area contributed by atoms with Crippen molar-refractivity contribution in [3.8, 4) is 6.07 Å². The second kappa shape index (κ2) is 7.02. The van der Waals surface area contributed by atoms with Gasteiger partial charge in [-0.3, -0.25) is 0 Å². The van der Waals surface area contributed by atoms with Crippen molar-refractivity contribution < 1.29 is 13.5 Å². The van der Waals surface area contributed by atoms with Gasteiger partial charge in [0, 0.05) is 13.7 Å². The van der Waals surface area contributed by atoms with Gasteiger partial charge in [0.15, 0.2) is 0 Å². The summed E-state index contributed by atoms with van der Waals surface area (Å²) in [6.07, 6.45) is 0. The second-order valence-electron chi connectivity index (χ2n) is 4.76. The molecule has 0 saturated heterocycles. The minimum Gasteiger partial charge on any atom is -0.465 e. The van der Waals surface area contributed by atoms with E-state index < -0.39 is 5.82 Å². The Kier molecular flexibility index (Phi) is 5.09. The van der Waals surface area contributed by atoms with Crippen molar-refractivity contribution in [3.63, 3.8) is 0 Å². The number of methoxy groups -OCH3 is 1. The third-order valence-electron chi connectivity index (χ3n) is 3.14. The molecule has 0 radical (unpaired) electrons. The van der Waals surface area contributed by atoms with Crippen molar-refractivity contribution in [2.24, 2.45) is 0 Å². The number of halogens is 1. The number of hydrogen-bond donors (Lipinski definition) is 1. The van der Waals surface area contributed by atoms with Crippen LogP contribution < -0.4 is 5.32 Å². The number of nitrogens with zero attached hydrogens (tertiary/aromatic N) is 1. The van der Waals surface area contributed by atoms with Crippen LogP contribution in [0, 0.1) is 24.1 Å². The van der Waals surface area contributed by atoms with Gasteiger partial charge in [-0.25, -0.2) is 4.39 Å². The van der Waals surface area contributed by atoms with Crippen LogP contribution in [0.2, 0.25) is 0 Å². The SMILES string of the molecule is COCC(NCc1ccc(F)c(C#N)c1)c1ccc(C)o1. The van der Waals surface area contributed by atoms with E-state index in [1.165, 1.54) is 6.07 Å². The zero-order chi connectivity index (χ0) is 15.2. The Morgan fingerprint density at radius 2 is 2.19 bits per heavy atom. The maximum Gasteiger partial charge on any atom is 0.140 e. The molecule has 1 unspecified atom stereocenters. The Morgan fingerprint density at radius 3 is 2.81 bits per heavy atom. The highest BCUT2D eigenvalue weighted by Gasteiger charge is 2.15. The third kappa shape index (κ3) is 3.91. The fourth-order valence-corrected chi connectivity index (χ4v) is 2.06. The molecule has 110 valence electrons. The fraction of sp³-hybridized carbons (Fsp3) is 0.312. The molecule has 2 aromatic rings. The van der Waals surface area contributed by atoms with E-state index in [9.17, 15) is 4.39 Å². The van der Waals surface area contributed by atoms with Gasteiger partial charge in [-0.15, -0.1) is 0 Å². The van der Waals surface area contributed by atoms with Crippen LogP contribution in [0.1, 0.15) is 28.7 Å². The molecule has 2 rings (SSSR count). The van der Waals surface area contributed by atoms with Gasteiger partial charge in [-0.2, -0.15) is 5.26 Å². The highest BCUT2D eigenvalue weighted by atomic mass is 19.1. The number of nitriles is 1. The van der Waals surface area contributed by atoms with Gasteiger partial charge in [0.05, 0.1) is 18.2 Å². The number of benzene rings is 1. The predicted octanol–water partition coefficient (Wildman–Crippen LogP) is 3.08. The highest BCUT2D eigenvalue weighted by molar-refractivity contribution is 5.34. The van der Waals surface area contributed by atoms with Crippen LogP contribution in [0.3, 0.4) is 0 Å². The van der Waals surface area contributed by atoms with Crippen LogP contribution in [-0.2, 0) is 11.3 Å². The van der Waals surface area contributed by atoms with Crippen molar-refractivity contribution in [2.75, 3.05) is 13.7 Å². The van der Waals surface area contributed by atoms with E-state index in [4.69, 9.17) is 14.4 Å². The Bertz CT molecular complexity index is 646. The van der Waals surface area contributed by atoms with Crippen LogP contribution in [0.25, 0.3) is 0 Å². The van der Waals surface area contributed by atoms with E-state index in [1.54, 1.807) is 19.2 Å². The monoisotopic (exact) mass is 288 g/mol. The summed E-state index contributed by atoms with van der Waals surface area (Å²) < 4.78 is 24.1. The topological polar surface area (TPSA) is 58.2 Å². The minimum absolute atomic E-state index is 0.0476. The highest BCUT2D eigenvalue weighted by Crippen LogP contribution is 2.18. The zero-order valence-corrected chi connectivity index (χ0v) is 12.0. The van der Waals surface area contributed by atoms with E-state index in [1.807, 2.05) is 25.1 Å². The third-order valence-corrected chi connectivity index (χ3v) is 3.14. The molecule has 0 amide bonds. The van der Waals surface area contributed by atoms with Gasteiger partial charge in [0.1, 0.15) is 23.4 Å². The molecule has 0 fully saturated rings. The van der Waals surface area contributed by atoms with Gasteiger partial charge in [0.2, 0.25) is 0 Å². The van der Waals surface area contributed by atoms with Crippen LogP contribution in [0.4, 0.5) is 4.39 Å². The standard InChI is InChI=1S/C16H17FN2O2/c1-11-3-6-16(21-11)15(10-20-2)19-9-12-4-5-14(17)13(7-12)8-18/h3-7,15,19H,9-10H2,1-2H3. The molecule has 1 atom stereocenters. The van der Waals surface area contributed by atoms with E-state index in [-0.39, 0.29) is 11.6 Å². The Labute approximate surface area is 123 Å². The van der Waals surface area contributed by atoms with Gasteiger partial charge >= 0.3 is 0 Å². The molecule has 0 aliphatic carbocycles. The molecule has 1 N–H and O–H groups in total. The van der Waals surface area contributed by atoms with Crippen LogP contribution in [0.5, 0.6) is 0 Å². The summed E-state index contributed by atoms with van der Waals surface area (Å²) >= 11 is 0. The van der Waals surface area contributed by atoms with Crippen LogP contribution in [0.15, 0.2) is 34.7 Å². The summed E-state index contributed by atoms with van der Waals surface area (Å²) in [6, 6.07) is 10.0. The van der Waals surface area contributed by atoms with Gasteiger partial charge < -0.3 is 14.5 Å². The molecule has 1 aromatic heterocycles. The van der Waals surface area contributed by atoms with Crippen LogP contribution >= 0.6 is 0 Å². The molecule has 5 heteroatoms. The molecule has 0 saturated carbocycles. The summed E-state index contributed by atoms with van der Waals surface area (Å²) in [7, 11) is 1.62. The van der Waals surface area contributed by atoms with E-state index in [0.717, 1.165) is 17.1 Å². The lowest BCUT2D eigenvalue weighted by molar-refractivity contribution is 0.156. The number of rotatable bonds is 6. The van der Waals surface area contributed by atoms with Crippen molar-refractivity contribution in [3.05, 3.63) is 58.8 Å². The molecule has 21 heavy (non-hydrogen) atoms. The van der Waals surface area contributed by atoms with Crippen molar-refractivity contribution in [1.29, 1.82) is 5.26 Å². The molecule has 0 spiro atoms. The van der Waals surface area contributed by atoms with E-state index in [0.29, 0.717) is 13.2 Å². The summed E-state index contributed by atoms with van der Waals surface area (Å²) in [4.78, 5) is 0. The number of nitrogens with one attached hydrogen (secondary N) is 1. The van der Waals surface area contributed by atoms with Gasteiger partial charge in [-0.05, 0) is 36.8 Å². The van der Waals surface area contributed by atoms with Crippen molar-refractivity contribution in [2.45, 2.75) is 19.5 Å². The predicted molar refractivity (Wildman–Crippen MR) is 76.0 cm³/mol. The Balaban J connectivity index is 2.07. The summed E-state index contributed by atoms with van der Waals surface area (Å²) in [5, 5.41) is 12.1. The first kappa shape index (κ1) is 15.2. The van der Waals surface area contributed by atoms with Crippen molar-refractivity contribution >= 4 is 0 Å². The Hall–Kier alpha value is -2.16. The largest absolute Gasteiger partial charge is 0.465 e. The maximum atomic E-state index is 13.3. The molecule has 0 bridgehead atoms. The average molecular weight is 288 g/mol. The number of aryl methyl sites for hydroxylation is 1. The minimum atomic E-state index is -0.503. The lowest BCUT2D eigenvalue weighted by atomic mass is 10.1.